The first-order chi connectivity index (χ1) is 9.04. The van der Waals surface area contributed by atoms with Crippen molar-refractivity contribution in [3.8, 4) is 0 Å². The minimum absolute atomic E-state index is 0.337. The highest BCUT2D eigenvalue weighted by atomic mass is 16.5. The molecule has 1 aromatic rings. The molecule has 1 N–H and O–H groups in total. The minimum Gasteiger partial charge on any atom is -0.375 e. The van der Waals surface area contributed by atoms with E-state index in [4.69, 9.17) is 4.74 Å². The lowest BCUT2D eigenvalue weighted by molar-refractivity contribution is 0.0475. The Balaban J connectivity index is 1.98. The van der Waals surface area contributed by atoms with Crippen molar-refractivity contribution >= 4 is 0 Å². The van der Waals surface area contributed by atoms with Crippen molar-refractivity contribution in [1.82, 2.24) is 14.9 Å². The molecular weight excluding hydrogens is 238 g/mol. The minimum atomic E-state index is 0.337. The number of hydrogen-bond donors (Lipinski definition) is 1. The van der Waals surface area contributed by atoms with Crippen molar-refractivity contribution in [3.05, 3.63) is 18.2 Å². The normalized spacial score (nSPS) is 32.7. The highest BCUT2D eigenvalue weighted by Gasteiger charge is 2.40. The maximum atomic E-state index is 5.97. The SMILES string of the molecule is CNC(CCc1nccn1C)C1C(C)OC(C)C1C. The van der Waals surface area contributed by atoms with Gasteiger partial charge >= 0.3 is 0 Å². The molecule has 0 bridgehead atoms. The number of rotatable bonds is 5. The number of aryl methyl sites for hydroxylation is 2. The van der Waals surface area contributed by atoms with Gasteiger partial charge in [0.2, 0.25) is 0 Å². The van der Waals surface area contributed by atoms with Gasteiger partial charge < -0.3 is 14.6 Å². The van der Waals surface area contributed by atoms with Crippen LogP contribution in [-0.2, 0) is 18.2 Å². The molecule has 2 heterocycles. The van der Waals surface area contributed by atoms with Gasteiger partial charge in [0.15, 0.2) is 0 Å². The van der Waals surface area contributed by atoms with Crippen LogP contribution >= 0.6 is 0 Å². The predicted octanol–water partition coefficient (Wildman–Crippen LogP) is 2.00. The molecule has 1 fully saturated rings. The molecular formula is C15H27N3O. The average Bonchev–Trinajstić information content (AvgIpc) is 2.88. The summed E-state index contributed by atoms with van der Waals surface area (Å²) in [6, 6.07) is 0.492. The monoisotopic (exact) mass is 265 g/mol. The topological polar surface area (TPSA) is 39.1 Å². The lowest BCUT2D eigenvalue weighted by Gasteiger charge is -2.28. The first-order valence-corrected chi connectivity index (χ1v) is 7.33. The van der Waals surface area contributed by atoms with Crippen LogP contribution in [0.25, 0.3) is 0 Å². The molecule has 4 nitrogen and oxygen atoms in total. The summed E-state index contributed by atoms with van der Waals surface area (Å²) in [7, 11) is 4.12. The van der Waals surface area contributed by atoms with E-state index in [9.17, 15) is 0 Å². The third-order valence-corrected chi connectivity index (χ3v) is 4.75. The number of hydrogen-bond acceptors (Lipinski definition) is 3. The molecule has 0 radical (unpaired) electrons. The zero-order chi connectivity index (χ0) is 14.0. The molecule has 1 aromatic heterocycles. The number of imidazole rings is 1. The van der Waals surface area contributed by atoms with Gasteiger partial charge in [-0.05, 0) is 33.2 Å². The molecule has 0 spiro atoms. The molecule has 0 aromatic carbocycles. The lowest BCUT2D eigenvalue weighted by Crippen LogP contribution is -2.40. The first kappa shape index (κ1) is 14.5. The van der Waals surface area contributed by atoms with E-state index in [1.807, 2.05) is 12.4 Å². The third kappa shape index (κ3) is 3.00. The van der Waals surface area contributed by atoms with Crippen molar-refractivity contribution in [2.24, 2.45) is 18.9 Å². The maximum absolute atomic E-state index is 5.97. The predicted molar refractivity (Wildman–Crippen MR) is 77.0 cm³/mol. The summed E-state index contributed by atoms with van der Waals surface area (Å²) in [5.41, 5.74) is 0. The summed E-state index contributed by atoms with van der Waals surface area (Å²) in [6.07, 6.45) is 6.70. The van der Waals surface area contributed by atoms with Gasteiger partial charge in [0.25, 0.3) is 0 Å². The molecule has 0 saturated carbocycles. The molecule has 1 saturated heterocycles. The molecule has 108 valence electrons. The van der Waals surface area contributed by atoms with E-state index in [-0.39, 0.29) is 0 Å². The second kappa shape index (κ2) is 6.06. The van der Waals surface area contributed by atoms with Crippen molar-refractivity contribution in [2.75, 3.05) is 7.05 Å². The van der Waals surface area contributed by atoms with Crippen LogP contribution in [0.4, 0.5) is 0 Å². The molecule has 19 heavy (non-hydrogen) atoms. The summed E-state index contributed by atoms with van der Waals surface area (Å²) in [4.78, 5) is 4.41. The highest BCUT2D eigenvalue weighted by Crippen LogP contribution is 2.35. The van der Waals surface area contributed by atoms with Crippen LogP contribution in [0, 0.1) is 11.8 Å². The van der Waals surface area contributed by atoms with Crippen molar-refractivity contribution in [1.29, 1.82) is 0 Å². The Morgan fingerprint density at radius 2 is 2.11 bits per heavy atom. The summed E-state index contributed by atoms with van der Waals surface area (Å²) in [6.45, 7) is 6.70. The van der Waals surface area contributed by atoms with E-state index in [2.05, 4.69) is 49.7 Å². The summed E-state index contributed by atoms with van der Waals surface area (Å²) in [5, 5.41) is 3.49. The fourth-order valence-electron chi connectivity index (χ4n) is 3.44. The van der Waals surface area contributed by atoms with Crippen molar-refractivity contribution in [3.63, 3.8) is 0 Å². The van der Waals surface area contributed by atoms with E-state index in [0.717, 1.165) is 18.7 Å². The summed E-state index contributed by atoms with van der Waals surface area (Å²) >= 11 is 0. The van der Waals surface area contributed by atoms with Gasteiger partial charge in [-0.25, -0.2) is 4.98 Å². The molecule has 0 amide bonds. The fourth-order valence-corrected chi connectivity index (χ4v) is 3.44. The molecule has 5 unspecified atom stereocenters. The van der Waals surface area contributed by atoms with Crippen LogP contribution < -0.4 is 5.32 Å². The number of nitrogens with one attached hydrogen (secondary N) is 1. The average molecular weight is 265 g/mol. The second-order valence-corrected chi connectivity index (χ2v) is 5.87. The van der Waals surface area contributed by atoms with Gasteiger partial charge in [0.05, 0.1) is 12.2 Å². The van der Waals surface area contributed by atoms with Gasteiger partial charge in [0, 0.05) is 37.8 Å². The van der Waals surface area contributed by atoms with E-state index >= 15 is 0 Å². The summed E-state index contributed by atoms with van der Waals surface area (Å²) < 4.78 is 8.07. The highest BCUT2D eigenvalue weighted by molar-refractivity contribution is 4.96. The quantitative estimate of drug-likeness (QED) is 0.885. The number of aromatic nitrogens is 2. The van der Waals surface area contributed by atoms with Crippen LogP contribution in [0.3, 0.4) is 0 Å². The first-order valence-electron chi connectivity index (χ1n) is 7.33. The Hall–Kier alpha value is -0.870. The molecule has 4 heteroatoms. The van der Waals surface area contributed by atoms with E-state index in [0.29, 0.717) is 30.1 Å². The Bertz CT molecular complexity index is 404. The van der Waals surface area contributed by atoms with Gasteiger partial charge in [-0.15, -0.1) is 0 Å². The molecule has 1 aliphatic heterocycles. The molecule has 1 aliphatic rings. The van der Waals surface area contributed by atoms with Gasteiger partial charge in [-0.1, -0.05) is 6.92 Å². The van der Waals surface area contributed by atoms with E-state index in [1.165, 1.54) is 0 Å². The largest absolute Gasteiger partial charge is 0.375 e. The fraction of sp³-hybridized carbons (Fsp3) is 0.800. The Morgan fingerprint density at radius 1 is 1.37 bits per heavy atom. The van der Waals surface area contributed by atoms with Crippen molar-refractivity contribution in [2.45, 2.75) is 51.9 Å². The van der Waals surface area contributed by atoms with Gasteiger partial charge in [0.1, 0.15) is 5.82 Å². The molecule has 2 rings (SSSR count). The van der Waals surface area contributed by atoms with Crippen LogP contribution in [0.5, 0.6) is 0 Å². The Kier molecular flexibility index (Phi) is 4.63. The Morgan fingerprint density at radius 3 is 2.58 bits per heavy atom. The zero-order valence-corrected chi connectivity index (χ0v) is 12.8. The van der Waals surface area contributed by atoms with Crippen LogP contribution in [0.15, 0.2) is 12.4 Å². The van der Waals surface area contributed by atoms with Gasteiger partial charge in [-0.2, -0.15) is 0 Å². The van der Waals surface area contributed by atoms with E-state index in [1.54, 1.807) is 0 Å². The standard InChI is InChI=1S/C15H27N3O/c1-10-11(2)19-12(3)15(10)13(16-4)6-7-14-17-8-9-18(14)5/h8-13,15-16H,6-7H2,1-5H3. The van der Waals surface area contributed by atoms with E-state index < -0.39 is 0 Å². The maximum Gasteiger partial charge on any atom is 0.108 e. The smallest absolute Gasteiger partial charge is 0.108 e. The Labute approximate surface area is 116 Å². The number of nitrogens with zero attached hydrogens (tertiary/aromatic N) is 2. The second-order valence-electron chi connectivity index (χ2n) is 5.87. The molecule has 0 aliphatic carbocycles. The van der Waals surface area contributed by atoms with Crippen LogP contribution in [0.2, 0.25) is 0 Å². The third-order valence-electron chi connectivity index (χ3n) is 4.75. The lowest BCUT2D eigenvalue weighted by atomic mass is 9.81. The van der Waals surface area contributed by atoms with Crippen LogP contribution in [-0.4, -0.2) is 34.8 Å². The van der Waals surface area contributed by atoms with Crippen molar-refractivity contribution < 1.29 is 4.74 Å². The summed E-state index contributed by atoms with van der Waals surface area (Å²) in [5.74, 6) is 2.35. The van der Waals surface area contributed by atoms with Gasteiger partial charge in [-0.3, -0.25) is 0 Å². The number of ether oxygens (including phenoxy) is 1. The zero-order valence-electron chi connectivity index (χ0n) is 12.8. The van der Waals surface area contributed by atoms with Crippen LogP contribution in [0.1, 0.15) is 33.0 Å². The molecule has 5 atom stereocenters.